The summed E-state index contributed by atoms with van der Waals surface area (Å²) in [6, 6.07) is 6.04. The van der Waals surface area contributed by atoms with E-state index in [0.29, 0.717) is 6.42 Å². The highest BCUT2D eigenvalue weighted by molar-refractivity contribution is 5.70. The van der Waals surface area contributed by atoms with Crippen LogP contribution in [0, 0.1) is 6.92 Å². The summed E-state index contributed by atoms with van der Waals surface area (Å²) in [7, 11) is 3.07. The molecule has 94 valence electrons. The fourth-order valence-electron chi connectivity index (χ4n) is 1.93. The number of aryl methyl sites for hydroxylation is 1. The van der Waals surface area contributed by atoms with Gasteiger partial charge in [-0.3, -0.25) is 4.79 Å². The maximum absolute atomic E-state index is 11.4. The lowest BCUT2D eigenvalue weighted by molar-refractivity contribution is -0.141. The molecule has 1 rings (SSSR count). The van der Waals surface area contributed by atoms with Gasteiger partial charge in [-0.2, -0.15) is 0 Å². The summed E-state index contributed by atoms with van der Waals surface area (Å²) >= 11 is 0. The van der Waals surface area contributed by atoms with Crippen LogP contribution in [0.25, 0.3) is 0 Å². The number of benzene rings is 1. The van der Waals surface area contributed by atoms with E-state index in [4.69, 9.17) is 9.47 Å². The molecule has 0 saturated carbocycles. The highest BCUT2D eigenvalue weighted by Crippen LogP contribution is 2.32. The molecule has 0 amide bonds. The molecule has 1 aromatic carbocycles. The van der Waals surface area contributed by atoms with Crippen LogP contribution in [0.15, 0.2) is 18.2 Å². The minimum absolute atomic E-state index is 0.150. The zero-order chi connectivity index (χ0) is 12.8. The molecule has 0 heterocycles. The lowest BCUT2D eigenvalue weighted by Crippen LogP contribution is -2.09. The maximum atomic E-state index is 11.4. The van der Waals surface area contributed by atoms with Crippen LogP contribution in [0.2, 0.25) is 0 Å². The standard InChI is InChI=1S/C14H20O3/c1-5-11(9-14(15)17-4)12-8-10(2)6-7-13(12)16-3/h6-8,11H,5,9H2,1-4H3. The van der Waals surface area contributed by atoms with Crippen molar-refractivity contribution in [3.63, 3.8) is 0 Å². The van der Waals surface area contributed by atoms with Crippen LogP contribution in [-0.2, 0) is 9.53 Å². The van der Waals surface area contributed by atoms with Crippen molar-refractivity contribution in [2.45, 2.75) is 32.6 Å². The molecule has 0 spiro atoms. The lowest BCUT2D eigenvalue weighted by Gasteiger charge is -2.18. The molecule has 1 atom stereocenters. The molecule has 0 bridgehead atoms. The van der Waals surface area contributed by atoms with Crippen molar-refractivity contribution in [3.8, 4) is 5.75 Å². The van der Waals surface area contributed by atoms with Crippen LogP contribution in [-0.4, -0.2) is 20.2 Å². The van der Waals surface area contributed by atoms with Gasteiger partial charge in [0.25, 0.3) is 0 Å². The number of ether oxygens (including phenoxy) is 2. The Morgan fingerprint density at radius 2 is 2.06 bits per heavy atom. The third-order valence-electron chi connectivity index (χ3n) is 2.96. The number of rotatable bonds is 5. The minimum atomic E-state index is -0.180. The molecule has 0 aliphatic heterocycles. The molecule has 0 saturated heterocycles. The lowest BCUT2D eigenvalue weighted by atomic mass is 9.91. The van der Waals surface area contributed by atoms with Crippen LogP contribution >= 0.6 is 0 Å². The van der Waals surface area contributed by atoms with E-state index in [1.807, 2.05) is 19.1 Å². The van der Waals surface area contributed by atoms with E-state index in [0.717, 1.165) is 17.7 Å². The number of carbonyl (C=O) groups excluding carboxylic acids is 1. The Hall–Kier alpha value is -1.51. The van der Waals surface area contributed by atoms with Crippen LogP contribution in [0.4, 0.5) is 0 Å². The molecule has 17 heavy (non-hydrogen) atoms. The topological polar surface area (TPSA) is 35.5 Å². The quantitative estimate of drug-likeness (QED) is 0.737. The zero-order valence-corrected chi connectivity index (χ0v) is 10.9. The molecule has 0 aliphatic rings. The fraction of sp³-hybridized carbons (Fsp3) is 0.500. The maximum Gasteiger partial charge on any atom is 0.306 e. The Bertz CT molecular complexity index is 385. The second-order valence-corrected chi connectivity index (χ2v) is 4.13. The number of methoxy groups -OCH3 is 2. The fourth-order valence-corrected chi connectivity index (χ4v) is 1.93. The van der Waals surface area contributed by atoms with E-state index in [-0.39, 0.29) is 11.9 Å². The highest BCUT2D eigenvalue weighted by Gasteiger charge is 2.18. The summed E-state index contributed by atoms with van der Waals surface area (Å²) < 4.78 is 10.1. The number of hydrogen-bond acceptors (Lipinski definition) is 3. The van der Waals surface area contributed by atoms with Crippen LogP contribution < -0.4 is 4.74 Å². The minimum Gasteiger partial charge on any atom is -0.496 e. The van der Waals surface area contributed by atoms with Gasteiger partial charge in [0.15, 0.2) is 0 Å². The molecule has 1 unspecified atom stereocenters. The molecule has 0 N–H and O–H groups in total. The summed E-state index contributed by atoms with van der Waals surface area (Å²) in [6.45, 7) is 4.10. The van der Waals surface area contributed by atoms with E-state index in [1.165, 1.54) is 12.7 Å². The third kappa shape index (κ3) is 3.48. The Balaban J connectivity index is 3.01. The van der Waals surface area contributed by atoms with Gasteiger partial charge in [-0.1, -0.05) is 24.6 Å². The van der Waals surface area contributed by atoms with Crippen LogP contribution in [0.1, 0.15) is 36.8 Å². The normalized spacial score (nSPS) is 12.0. The molecule has 1 aromatic rings. The predicted octanol–water partition coefficient (Wildman–Crippen LogP) is 3.06. The molecule has 3 nitrogen and oxygen atoms in total. The van der Waals surface area contributed by atoms with Gasteiger partial charge in [-0.15, -0.1) is 0 Å². The van der Waals surface area contributed by atoms with Crippen molar-refractivity contribution in [1.82, 2.24) is 0 Å². The van der Waals surface area contributed by atoms with Gasteiger partial charge >= 0.3 is 5.97 Å². The van der Waals surface area contributed by atoms with Gasteiger partial charge in [0, 0.05) is 0 Å². The average Bonchev–Trinajstić information content (AvgIpc) is 2.35. The van der Waals surface area contributed by atoms with Gasteiger partial charge in [0.05, 0.1) is 20.6 Å². The van der Waals surface area contributed by atoms with E-state index < -0.39 is 0 Å². The van der Waals surface area contributed by atoms with Gasteiger partial charge in [-0.25, -0.2) is 0 Å². The van der Waals surface area contributed by atoms with E-state index >= 15 is 0 Å². The van der Waals surface area contributed by atoms with Gasteiger partial charge < -0.3 is 9.47 Å². The summed E-state index contributed by atoms with van der Waals surface area (Å²) in [5.41, 5.74) is 2.25. The summed E-state index contributed by atoms with van der Waals surface area (Å²) in [6.07, 6.45) is 1.28. The first kappa shape index (κ1) is 13.6. The first-order valence-corrected chi connectivity index (χ1v) is 5.83. The van der Waals surface area contributed by atoms with Crippen molar-refractivity contribution in [2.75, 3.05) is 14.2 Å². The molecular formula is C14H20O3. The Kier molecular flexibility index (Phi) is 5.01. The smallest absolute Gasteiger partial charge is 0.306 e. The van der Waals surface area contributed by atoms with E-state index in [9.17, 15) is 4.79 Å². The average molecular weight is 236 g/mol. The van der Waals surface area contributed by atoms with Crippen LogP contribution in [0.5, 0.6) is 5.75 Å². The van der Waals surface area contributed by atoms with E-state index in [1.54, 1.807) is 7.11 Å². The molecule has 0 radical (unpaired) electrons. The van der Waals surface area contributed by atoms with Crippen molar-refractivity contribution < 1.29 is 14.3 Å². The van der Waals surface area contributed by atoms with Crippen molar-refractivity contribution in [3.05, 3.63) is 29.3 Å². The Morgan fingerprint density at radius 1 is 1.35 bits per heavy atom. The van der Waals surface area contributed by atoms with E-state index in [2.05, 4.69) is 13.0 Å². The van der Waals surface area contributed by atoms with Gasteiger partial charge in [0.1, 0.15) is 5.75 Å². The SMILES string of the molecule is CCC(CC(=O)OC)c1cc(C)ccc1OC. The number of hydrogen-bond donors (Lipinski definition) is 0. The summed E-state index contributed by atoms with van der Waals surface area (Å²) in [5.74, 6) is 0.809. The molecule has 0 aromatic heterocycles. The number of carbonyl (C=O) groups is 1. The third-order valence-corrected chi connectivity index (χ3v) is 2.96. The molecule has 0 fully saturated rings. The molecule has 3 heteroatoms. The summed E-state index contributed by atoms with van der Waals surface area (Å²) in [4.78, 5) is 11.4. The Labute approximate surface area is 103 Å². The highest BCUT2D eigenvalue weighted by atomic mass is 16.5. The first-order valence-electron chi connectivity index (χ1n) is 5.83. The zero-order valence-electron chi connectivity index (χ0n) is 10.9. The molecule has 0 aliphatic carbocycles. The summed E-state index contributed by atoms with van der Waals surface area (Å²) in [5, 5.41) is 0. The van der Waals surface area contributed by atoms with Crippen LogP contribution in [0.3, 0.4) is 0 Å². The van der Waals surface area contributed by atoms with Gasteiger partial charge in [0.2, 0.25) is 0 Å². The first-order chi connectivity index (χ1) is 8.12. The second-order valence-electron chi connectivity index (χ2n) is 4.13. The number of esters is 1. The predicted molar refractivity (Wildman–Crippen MR) is 67.4 cm³/mol. The Morgan fingerprint density at radius 3 is 2.59 bits per heavy atom. The van der Waals surface area contributed by atoms with Crippen molar-refractivity contribution in [1.29, 1.82) is 0 Å². The van der Waals surface area contributed by atoms with Crippen molar-refractivity contribution >= 4 is 5.97 Å². The van der Waals surface area contributed by atoms with Crippen molar-refractivity contribution in [2.24, 2.45) is 0 Å². The molecular weight excluding hydrogens is 216 g/mol. The second kappa shape index (κ2) is 6.28. The monoisotopic (exact) mass is 236 g/mol. The van der Waals surface area contributed by atoms with Gasteiger partial charge in [-0.05, 0) is 30.9 Å². The largest absolute Gasteiger partial charge is 0.496 e.